The predicted molar refractivity (Wildman–Crippen MR) is 43.7 cm³/mol. The molecule has 0 radical (unpaired) electrons. The van der Waals surface area contributed by atoms with Crippen LogP contribution in [0.25, 0.3) is 0 Å². The molecule has 0 aromatic heterocycles. The summed E-state index contributed by atoms with van der Waals surface area (Å²) >= 11 is 0. The molecule has 0 fully saturated rings. The number of hydrogen-bond acceptors (Lipinski definition) is 2. The Balaban J connectivity index is 3.36. The molecule has 0 saturated heterocycles. The van der Waals surface area contributed by atoms with Crippen LogP contribution in [0.15, 0.2) is 0 Å². The van der Waals surface area contributed by atoms with Gasteiger partial charge in [-0.3, -0.25) is 0 Å². The van der Waals surface area contributed by atoms with Gasteiger partial charge >= 0.3 is 0 Å². The highest BCUT2D eigenvalue weighted by Gasteiger charge is 2.11. The molecule has 2 nitrogen and oxygen atoms in total. The Morgan fingerprint density at radius 3 is 2.30 bits per heavy atom. The summed E-state index contributed by atoms with van der Waals surface area (Å²) in [6.07, 6.45) is 1.15. The molecule has 0 aliphatic rings. The number of nitrogens with two attached hydrogens (primary N) is 1. The van der Waals surface area contributed by atoms with Crippen LogP contribution in [0.2, 0.25) is 0 Å². The molecule has 0 aliphatic carbocycles. The van der Waals surface area contributed by atoms with Gasteiger partial charge in [-0.1, -0.05) is 20.3 Å². The highest BCUT2D eigenvalue weighted by Crippen LogP contribution is 2.06. The fourth-order valence-electron chi connectivity index (χ4n) is 0.475. The average Bonchev–Trinajstić information content (AvgIpc) is 1.81. The Hall–Kier alpha value is -0.0800. The quantitative estimate of drug-likeness (QED) is 0.612. The minimum Gasteiger partial charge on any atom is -0.361 e. The van der Waals surface area contributed by atoms with Crippen LogP contribution in [0.5, 0.6) is 0 Å². The molecule has 0 aromatic rings. The summed E-state index contributed by atoms with van der Waals surface area (Å²) in [5.74, 6) is 0.614. The maximum Gasteiger partial charge on any atom is 0.111 e. The van der Waals surface area contributed by atoms with Crippen LogP contribution in [0.4, 0.5) is 0 Å². The minimum absolute atomic E-state index is 0.469. The third-order valence-electron chi connectivity index (χ3n) is 1.44. The van der Waals surface area contributed by atoms with E-state index in [9.17, 15) is 0 Å². The van der Waals surface area contributed by atoms with Gasteiger partial charge in [-0.05, 0) is 19.8 Å². The van der Waals surface area contributed by atoms with Crippen molar-refractivity contribution in [3.8, 4) is 0 Å². The van der Waals surface area contributed by atoms with Crippen molar-refractivity contribution in [1.82, 2.24) is 0 Å². The summed E-state index contributed by atoms with van der Waals surface area (Å²) in [6, 6.07) is 0. The molecule has 0 heterocycles. The Morgan fingerprint density at radius 2 is 2.00 bits per heavy atom. The van der Waals surface area contributed by atoms with Crippen molar-refractivity contribution in [2.45, 2.75) is 39.8 Å². The van der Waals surface area contributed by atoms with Gasteiger partial charge in [0.15, 0.2) is 0 Å². The van der Waals surface area contributed by atoms with Crippen molar-refractivity contribution in [2.24, 2.45) is 11.7 Å². The van der Waals surface area contributed by atoms with Gasteiger partial charge < -0.3 is 10.5 Å². The number of rotatable bonds is 4. The van der Waals surface area contributed by atoms with Crippen molar-refractivity contribution < 1.29 is 4.74 Å². The lowest BCUT2D eigenvalue weighted by atomic mass is 10.1. The summed E-state index contributed by atoms with van der Waals surface area (Å²) in [4.78, 5) is 0. The van der Waals surface area contributed by atoms with Gasteiger partial charge in [-0.15, -0.1) is 0 Å². The molecule has 0 spiro atoms. The zero-order valence-corrected chi connectivity index (χ0v) is 7.48. The van der Waals surface area contributed by atoms with E-state index in [2.05, 4.69) is 13.8 Å². The van der Waals surface area contributed by atoms with Crippen LogP contribution in [0.3, 0.4) is 0 Å². The first-order valence-electron chi connectivity index (χ1n) is 3.88. The Labute approximate surface area is 63.7 Å². The van der Waals surface area contributed by atoms with Crippen LogP contribution in [0, 0.1) is 5.92 Å². The van der Waals surface area contributed by atoms with E-state index >= 15 is 0 Å². The fourth-order valence-corrected chi connectivity index (χ4v) is 0.475. The summed E-state index contributed by atoms with van der Waals surface area (Å²) in [6.45, 7) is 8.81. The van der Waals surface area contributed by atoms with Crippen molar-refractivity contribution in [1.29, 1.82) is 0 Å². The topological polar surface area (TPSA) is 35.2 Å². The van der Waals surface area contributed by atoms with Crippen molar-refractivity contribution in [3.63, 3.8) is 0 Å². The lowest BCUT2D eigenvalue weighted by Crippen LogP contribution is -2.36. The standard InChI is InChI=1S/C8H19NO/c1-5-7(2)6-10-8(3,4)9/h7H,5-6,9H2,1-4H3. The van der Waals surface area contributed by atoms with Gasteiger partial charge in [0.1, 0.15) is 5.72 Å². The van der Waals surface area contributed by atoms with Crippen molar-refractivity contribution in [2.75, 3.05) is 6.61 Å². The first-order valence-corrected chi connectivity index (χ1v) is 3.88. The molecule has 62 valence electrons. The van der Waals surface area contributed by atoms with E-state index in [-0.39, 0.29) is 0 Å². The Morgan fingerprint density at radius 1 is 1.50 bits per heavy atom. The van der Waals surface area contributed by atoms with E-state index in [1.165, 1.54) is 0 Å². The minimum atomic E-state index is -0.469. The second-order valence-corrected chi connectivity index (χ2v) is 3.43. The van der Waals surface area contributed by atoms with Gasteiger partial charge in [0.25, 0.3) is 0 Å². The molecule has 0 saturated carbocycles. The van der Waals surface area contributed by atoms with E-state index in [4.69, 9.17) is 10.5 Å². The van der Waals surface area contributed by atoms with Crippen molar-refractivity contribution in [3.05, 3.63) is 0 Å². The van der Waals surface area contributed by atoms with E-state index in [0.717, 1.165) is 13.0 Å². The van der Waals surface area contributed by atoms with Gasteiger partial charge in [0.2, 0.25) is 0 Å². The fraction of sp³-hybridized carbons (Fsp3) is 1.00. The zero-order chi connectivity index (χ0) is 8.20. The van der Waals surface area contributed by atoms with E-state index < -0.39 is 5.72 Å². The maximum absolute atomic E-state index is 5.62. The largest absolute Gasteiger partial charge is 0.361 e. The SMILES string of the molecule is CCC(C)COC(C)(C)N. The van der Waals surface area contributed by atoms with Crippen LogP contribution >= 0.6 is 0 Å². The highest BCUT2D eigenvalue weighted by atomic mass is 16.5. The molecule has 0 amide bonds. The molecule has 0 bridgehead atoms. The third kappa shape index (κ3) is 6.05. The molecule has 10 heavy (non-hydrogen) atoms. The zero-order valence-electron chi connectivity index (χ0n) is 7.48. The molecule has 1 atom stereocenters. The highest BCUT2D eigenvalue weighted by molar-refractivity contribution is 4.57. The second-order valence-electron chi connectivity index (χ2n) is 3.43. The molecule has 0 rings (SSSR count). The first kappa shape index (κ1) is 9.92. The predicted octanol–water partition coefficient (Wildman–Crippen LogP) is 1.74. The molecule has 2 heteroatoms. The van der Waals surface area contributed by atoms with Crippen LogP contribution in [-0.2, 0) is 4.74 Å². The van der Waals surface area contributed by atoms with E-state index in [1.807, 2.05) is 13.8 Å². The normalized spacial score (nSPS) is 15.3. The van der Waals surface area contributed by atoms with Crippen LogP contribution < -0.4 is 5.73 Å². The lowest BCUT2D eigenvalue weighted by Gasteiger charge is -2.21. The molecule has 1 unspecified atom stereocenters. The summed E-state index contributed by atoms with van der Waals surface area (Å²) in [7, 11) is 0. The van der Waals surface area contributed by atoms with Gasteiger partial charge in [-0.25, -0.2) is 0 Å². The lowest BCUT2D eigenvalue weighted by molar-refractivity contribution is -0.0287. The molecular formula is C8H19NO. The maximum atomic E-state index is 5.62. The first-order chi connectivity index (χ1) is 4.45. The molecular weight excluding hydrogens is 126 g/mol. The monoisotopic (exact) mass is 145 g/mol. The van der Waals surface area contributed by atoms with Gasteiger partial charge in [-0.2, -0.15) is 0 Å². The average molecular weight is 145 g/mol. The van der Waals surface area contributed by atoms with Gasteiger partial charge in [0.05, 0.1) is 6.61 Å². The number of ether oxygens (including phenoxy) is 1. The molecule has 0 aliphatic heterocycles. The molecule has 2 N–H and O–H groups in total. The van der Waals surface area contributed by atoms with Crippen molar-refractivity contribution >= 4 is 0 Å². The summed E-state index contributed by atoms with van der Waals surface area (Å²) < 4.78 is 5.36. The molecule has 0 aromatic carbocycles. The Bertz CT molecular complexity index is 85.7. The van der Waals surface area contributed by atoms with Gasteiger partial charge in [0, 0.05) is 0 Å². The smallest absolute Gasteiger partial charge is 0.111 e. The summed E-state index contributed by atoms with van der Waals surface area (Å²) in [5.41, 5.74) is 5.15. The second kappa shape index (κ2) is 3.94. The third-order valence-corrected chi connectivity index (χ3v) is 1.44. The summed E-state index contributed by atoms with van der Waals surface area (Å²) in [5, 5.41) is 0. The van der Waals surface area contributed by atoms with Crippen LogP contribution in [-0.4, -0.2) is 12.3 Å². The van der Waals surface area contributed by atoms with E-state index in [0.29, 0.717) is 5.92 Å². The Kier molecular flexibility index (Phi) is 3.91. The number of hydrogen-bond donors (Lipinski definition) is 1. The van der Waals surface area contributed by atoms with E-state index in [1.54, 1.807) is 0 Å². The van der Waals surface area contributed by atoms with Crippen LogP contribution in [0.1, 0.15) is 34.1 Å².